The molecule has 0 unspecified atom stereocenters. The van der Waals surface area contributed by atoms with Crippen LogP contribution >= 0.6 is 11.8 Å². The van der Waals surface area contributed by atoms with Gasteiger partial charge in [-0.2, -0.15) is 0 Å². The number of benzene rings is 1. The van der Waals surface area contributed by atoms with Crippen LogP contribution in [0.25, 0.3) is 0 Å². The highest BCUT2D eigenvalue weighted by molar-refractivity contribution is 8.13. The summed E-state index contributed by atoms with van der Waals surface area (Å²) in [5.41, 5.74) is 8.92. The van der Waals surface area contributed by atoms with Crippen LogP contribution in [0.2, 0.25) is 0 Å². The second-order valence-corrected chi connectivity index (χ2v) is 7.12. The molecular formula is C21H22N6O2S. The minimum Gasteiger partial charge on any atom is -0.477 e. The SMILES string of the molecule is CCOc1cnc(C(=O)Nc2cccc(CN=C(N)SCc3ccncc3)c2)cn1. The summed E-state index contributed by atoms with van der Waals surface area (Å²) in [4.78, 5) is 28.9. The summed E-state index contributed by atoms with van der Waals surface area (Å²) in [7, 11) is 0. The summed E-state index contributed by atoms with van der Waals surface area (Å²) in [5.74, 6) is 0.767. The van der Waals surface area contributed by atoms with Gasteiger partial charge in [-0.3, -0.25) is 14.8 Å². The summed E-state index contributed by atoms with van der Waals surface area (Å²) in [6, 6.07) is 11.3. The molecule has 1 amide bonds. The number of hydrogen-bond donors (Lipinski definition) is 2. The largest absolute Gasteiger partial charge is 0.477 e. The lowest BCUT2D eigenvalue weighted by atomic mass is 10.2. The minimum atomic E-state index is -0.348. The number of amidine groups is 1. The first-order valence-electron chi connectivity index (χ1n) is 9.31. The summed E-state index contributed by atoms with van der Waals surface area (Å²) >= 11 is 1.47. The van der Waals surface area contributed by atoms with E-state index in [1.54, 1.807) is 18.5 Å². The van der Waals surface area contributed by atoms with Crippen molar-refractivity contribution in [2.45, 2.75) is 19.2 Å². The number of carbonyl (C=O) groups excluding carboxylic acids is 1. The Balaban J connectivity index is 1.55. The Kier molecular flexibility index (Phi) is 7.73. The maximum Gasteiger partial charge on any atom is 0.275 e. The molecule has 0 aliphatic rings. The van der Waals surface area contributed by atoms with E-state index in [1.165, 1.54) is 24.2 Å². The average Bonchev–Trinajstić information content (AvgIpc) is 2.78. The standard InChI is InChI=1S/C21H22N6O2S/c1-2-29-19-13-24-18(12-25-19)20(28)27-17-5-3-4-16(10-17)11-26-21(22)30-14-15-6-8-23-9-7-15/h3-10,12-13H,2,11,14H2,1H3,(H2,22,26)(H,27,28). The van der Waals surface area contributed by atoms with Gasteiger partial charge in [0.25, 0.3) is 5.91 Å². The molecule has 9 heteroatoms. The molecule has 0 saturated carbocycles. The van der Waals surface area contributed by atoms with Gasteiger partial charge in [0.05, 0.1) is 25.5 Å². The van der Waals surface area contributed by atoms with Gasteiger partial charge in [-0.05, 0) is 42.3 Å². The lowest BCUT2D eigenvalue weighted by Gasteiger charge is -2.07. The van der Waals surface area contributed by atoms with Crippen LogP contribution in [-0.4, -0.2) is 32.6 Å². The number of nitrogens with zero attached hydrogens (tertiary/aromatic N) is 4. The van der Waals surface area contributed by atoms with E-state index in [4.69, 9.17) is 10.5 Å². The highest BCUT2D eigenvalue weighted by atomic mass is 32.2. The quantitative estimate of drug-likeness (QED) is 0.423. The number of nitrogens with one attached hydrogen (secondary N) is 1. The van der Waals surface area contributed by atoms with Gasteiger partial charge in [0.15, 0.2) is 5.17 Å². The lowest BCUT2D eigenvalue weighted by molar-refractivity contribution is 0.102. The summed E-state index contributed by atoms with van der Waals surface area (Å²) in [5, 5.41) is 3.32. The van der Waals surface area contributed by atoms with Crippen molar-refractivity contribution in [3.8, 4) is 5.88 Å². The molecule has 8 nitrogen and oxygen atoms in total. The number of nitrogens with two attached hydrogens (primary N) is 1. The molecule has 0 radical (unpaired) electrons. The Hall–Kier alpha value is -3.46. The first-order valence-corrected chi connectivity index (χ1v) is 10.3. The number of thioether (sulfide) groups is 1. The van der Waals surface area contributed by atoms with Crippen LogP contribution in [0.4, 0.5) is 5.69 Å². The molecule has 30 heavy (non-hydrogen) atoms. The second kappa shape index (κ2) is 10.9. The van der Waals surface area contributed by atoms with Gasteiger partial charge in [0, 0.05) is 23.8 Å². The zero-order valence-electron chi connectivity index (χ0n) is 16.5. The highest BCUT2D eigenvalue weighted by Crippen LogP contribution is 2.15. The van der Waals surface area contributed by atoms with Gasteiger partial charge in [-0.25, -0.2) is 9.97 Å². The maximum atomic E-state index is 12.4. The van der Waals surface area contributed by atoms with E-state index in [0.717, 1.165) is 16.9 Å². The average molecular weight is 423 g/mol. The molecule has 0 atom stereocenters. The van der Waals surface area contributed by atoms with Crippen LogP contribution in [0.3, 0.4) is 0 Å². The van der Waals surface area contributed by atoms with Crippen LogP contribution in [0.5, 0.6) is 5.88 Å². The number of aliphatic imine (C=N–C) groups is 1. The second-order valence-electron chi connectivity index (χ2n) is 6.13. The molecule has 2 heterocycles. The Bertz CT molecular complexity index is 996. The van der Waals surface area contributed by atoms with E-state index in [9.17, 15) is 4.79 Å². The fraction of sp³-hybridized carbons (Fsp3) is 0.190. The molecule has 0 spiro atoms. The molecule has 0 aliphatic carbocycles. The third kappa shape index (κ3) is 6.56. The molecule has 0 saturated heterocycles. The molecule has 0 fully saturated rings. The lowest BCUT2D eigenvalue weighted by Crippen LogP contribution is -2.14. The van der Waals surface area contributed by atoms with Crippen molar-refractivity contribution >= 4 is 28.5 Å². The van der Waals surface area contributed by atoms with Crippen molar-refractivity contribution in [2.24, 2.45) is 10.7 Å². The number of carbonyl (C=O) groups is 1. The number of anilines is 1. The first-order chi connectivity index (χ1) is 14.6. The predicted octanol–water partition coefficient (Wildman–Crippen LogP) is 3.27. The number of aromatic nitrogens is 3. The first kappa shape index (κ1) is 21.3. The van der Waals surface area contributed by atoms with Gasteiger partial charge in [-0.15, -0.1) is 0 Å². The summed E-state index contributed by atoms with van der Waals surface area (Å²) in [6.07, 6.45) is 6.31. The number of amides is 1. The van der Waals surface area contributed by atoms with E-state index >= 15 is 0 Å². The van der Waals surface area contributed by atoms with E-state index in [2.05, 4.69) is 25.3 Å². The van der Waals surface area contributed by atoms with Crippen LogP contribution in [0.1, 0.15) is 28.5 Å². The van der Waals surface area contributed by atoms with Gasteiger partial charge >= 0.3 is 0 Å². The number of rotatable bonds is 8. The zero-order valence-corrected chi connectivity index (χ0v) is 17.3. The van der Waals surface area contributed by atoms with Crippen molar-refractivity contribution in [3.63, 3.8) is 0 Å². The molecule has 3 aromatic rings. The van der Waals surface area contributed by atoms with Crippen molar-refractivity contribution in [1.29, 1.82) is 0 Å². The summed E-state index contributed by atoms with van der Waals surface area (Å²) in [6.45, 7) is 2.76. The fourth-order valence-electron chi connectivity index (χ4n) is 2.45. The smallest absolute Gasteiger partial charge is 0.275 e. The number of pyridine rings is 1. The molecule has 154 valence electrons. The van der Waals surface area contributed by atoms with Crippen molar-refractivity contribution in [2.75, 3.05) is 11.9 Å². The van der Waals surface area contributed by atoms with Crippen LogP contribution in [-0.2, 0) is 12.3 Å². The van der Waals surface area contributed by atoms with E-state index in [0.29, 0.717) is 29.9 Å². The Morgan fingerprint density at radius 3 is 2.73 bits per heavy atom. The van der Waals surface area contributed by atoms with Crippen molar-refractivity contribution in [1.82, 2.24) is 15.0 Å². The highest BCUT2D eigenvalue weighted by Gasteiger charge is 2.09. The van der Waals surface area contributed by atoms with E-state index < -0.39 is 0 Å². The van der Waals surface area contributed by atoms with Crippen LogP contribution in [0, 0.1) is 0 Å². The van der Waals surface area contributed by atoms with E-state index in [1.807, 2.05) is 37.3 Å². The van der Waals surface area contributed by atoms with Gasteiger partial charge < -0.3 is 15.8 Å². The number of hydrogen-bond acceptors (Lipinski definition) is 7. The molecule has 0 aliphatic heterocycles. The Morgan fingerprint density at radius 1 is 1.17 bits per heavy atom. The molecule has 3 N–H and O–H groups in total. The topological polar surface area (TPSA) is 115 Å². The van der Waals surface area contributed by atoms with Crippen molar-refractivity contribution < 1.29 is 9.53 Å². The molecular weight excluding hydrogens is 400 g/mol. The molecule has 3 rings (SSSR count). The van der Waals surface area contributed by atoms with Gasteiger partial charge in [0.2, 0.25) is 5.88 Å². The Morgan fingerprint density at radius 2 is 2.00 bits per heavy atom. The molecule has 1 aromatic carbocycles. The van der Waals surface area contributed by atoms with Gasteiger partial charge in [-0.1, -0.05) is 23.9 Å². The number of ether oxygens (including phenoxy) is 1. The Labute approximate surface area is 179 Å². The third-order valence-electron chi connectivity index (χ3n) is 3.89. The third-order valence-corrected chi connectivity index (χ3v) is 4.79. The fourth-order valence-corrected chi connectivity index (χ4v) is 3.11. The minimum absolute atomic E-state index is 0.207. The maximum absolute atomic E-state index is 12.4. The van der Waals surface area contributed by atoms with Crippen LogP contribution < -0.4 is 15.8 Å². The zero-order chi connectivity index (χ0) is 21.2. The normalized spacial score (nSPS) is 11.2. The van der Waals surface area contributed by atoms with Crippen LogP contribution in [0.15, 0.2) is 66.2 Å². The van der Waals surface area contributed by atoms with E-state index in [-0.39, 0.29) is 11.6 Å². The molecule has 0 bridgehead atoms. The summed E-state index contributed by atoms with van der Waals surface area (Å²) < 4.78 is 5.23. The van der Waals surface area contributed by atoms with Crippen molar-refractivity contribution in [3.05, 3.63) is 78.0 Å². The molecule has 2 aromatic heterocycles. The van der Waals surface area contributed by atoms with Gasteiger partial charge in [0.1, 0.15) is 5.69 Å². The predicted molar refractivity (Wildman–Crippen MR) is 118 cm³/mol. The monoisotopic (exact) mass is 422 g/mol.